The van der Waals surface area contributed by atoms with E-state index in [1.807, 2.05) is 20.8 Å². The number of fused-ring (bicyclic) bond motifs is 1. The molecule has 0 aromatic heterocycles. The van der Waals surface area contributed by atoms with Gasteiger partial charge >= 0.3 is 0 Å². The minimum absolute atomic E-state index is 0.0574. The van der Waals surface area contributed by atoms with Crippen LogP contribution in [0.3, 0.4) is 0 Å². The van der Waals surface area contributed by atoms with Crippen LogP contribution in [0.5, 0.6) is 0 Å². The quantitative estimate of drug-likeness (QED) is 0.535. The Bertz CT molecular complexity index is 404. The average molecular weight is 303 g/mol. The monoisotopic (exact) mass is 303 g/mol. The number of nitrogens with one attached hydrogen (secondary N) is 2. The molecule has 0 aromatic carbocycles. The second kappa shape index (κ2) is 6.30. The summed E-state index contributed by atoms with van der Waals surface area (Å²) in [6.45, 7) is 6.29. The lowest BCUT2D eigenvalue weighted by atomic mass is 9.97. The number of thioether (sulfide) groups is 1. The molecule has 2 aliphatic heterocycles. The molecule has 114 valence electrons. The van der Waals surface area contributed by atoms with Gasteiger partial charge in [-0.25, -0.2) is 0 Å². The summed E-state index contributed by atoms with van der Waals surface area (Å²) in [4.78, 5) is 16.3. The number of amides is 1. The van der Waals surface area contributed by atoms with Crippen LogP contribution in [0.25, 0.3) is 0 Å². The summed E-state index contributed by atoms with van der Waals surface area (Å²) in [6, 6.07) is -0.606. The number of amidine groups is 1. The third-order valence-corrected chi connectivity index (χ3v) is 4.18. The van der Waals surface area contributed by atoms with Crippen molar-refractivity contribution in [3.05, 3.63) is 0 Å². The number of carbonyl (C=O) groups excluding carboxylic acids is 1. The van der Waals surface area contributed by atoms with Crippen LogP contribution < -0.4 is 10.6 Å². The molecule has 1 fully saturated rings. The van der Waals surface area contributed by atoms with E-state index >= 15 is 0 Å². The zero-order valence-corrected chi connectivity index (χ0v) is 12.6. The first kappa shape index (κ1) is 15.6. The second-order valence-corrected chi connectivity index (χ2v) is 6.23. The largest absolute Gasteiger partial charge is 0.388 e. The van der Waals surface area contributed by atoms with Gasteiger partial charge in [-0.15, -0.1) is 0 Å². The van der Waals surface area contributed by atoms with E-state index in [4.69, 9.17) is 4.74 Å². The SMILES string of the molecule is CCNC1=N[C@@H]2[C@@H](O)[C@H](O)[C@@H](C(=O)NC(C)C)O[C@@H]2S1. The third kappa shape index (κ3) is 3.08. The number of aliphatic hydroxyl groups excluding tert-OH is 2. The third-order valence-electron chi connectivity index (χ3n) is 3.08. The maximum Gasteiger partial charge on any atom is 0.252 e. The number of hydrogen-bond acceptors (Lipinski definition) is 7. The van der Waals surface area contributed by atoms with Crippen LogP contribution in [0.2, 0.25) is 0 Å². The van der Waals surface area contributed by atoms with Gasteiger partial charge in [0.15, 0.2) is 11.3 Å². The maximum absolute atomic E-state index is 12.0. The number of ether oxygens (including phenoxy) is 1. The second-order valence-electron chi connectivity index (χ2n) is 5.14. The molecule has 0 radical (unpaired) electrons. The number of nitrogens with zero attached hydrogens (tertiary/aromatic N) is 1. The van der Waals surface area contributed by atoms with Crippen molar-refractivity contribution in [3.63, 3.8) is 0 Å². The standard InChI is InChI=1S/C12H21N3O4S/c1-4-13-12-15-6-7(16)8(17)9(19-11(6)20-12)10(18)14-5(2)3/h5-9,11,16-17H,4H2,1-3H3,(H,13,15)(H,14,18)/t6-,7-,8+,9+,11-/m1/s1. The number of aliphatic hydroxyl groups is 2. The molecule has 1 amide bonds. The molecule has 20 heavy (non-hydrogen) atoms. The van der Waals surface area contributed by atoms with Crippen LogP contribution in [-0.2, 0) is 9.53 Å². The highest BCUT2D eigenvalue weighted by Gasteiger charge is 2.50. The van der Waals surface area contributed by atoms with Gasteiger partial charge in [-0.1, -0.05) is 11.8 Å². The highest BCUT2D eigenvalue weighted by molar-refractivity contribution is 8.14. The Morgan fingerprint density at radius 2 is 2.15 bits per heavy atom. The van der Waals surface area contributed by atoms with E-state index in [0.29, 0.717) is 11.7 Å². The molecule has 0 spiro atoms. The number of carbonyl (C=O) groups is 1. The zero-order chi connectivity index (χ0) is 14.9. The number of aliphatic imine (C=N–C) groups is 1. The Labute approximate surface area is 122 Å². The minimum atomic E-state index is -1.28. The van der Waals surface area contributed by atoms with E-state index in [-0.39, 0.29) is 6.04 Å². The zero-order valence-electron chi connectivity index (χ0n) is 11.7. The topological polar surface area (TPSA) is 103 Å². The normalized spacial score (nSPS) is 36.5. The molecule has 0 saturated carbocycles. The van der Waals surface area contributed by atoms with Crippen molar-refractivity contribution >= 4 is 22.8 Å². The van der Waals surface area contributed by atoms with Crippen LogP contribution in [-0.4, -0.2) is 63.7 Å². The van der Waals surface area contributed by atoms with Crippen LogP contribution >= 0.6 is 11.8 Å². The van der Waals surface area contributed by atoms with Crippen molar-refractivity contribution in [1.29, 1.82) is 0 Å². The Morgan fingerprint density at radius 3 is 2.75 bits per heavy atom. The summed E-state index contributed by atoms with van der Waals surface area (Å²) in [7, 11) is 0. The van der Waals surface area contributed by atoms with E-state index in [1.54, 1.807) is 0 Å². The van der Waals surface area contributed by atoms with E-state index in [9.17, 15) is 15.0 Å². The highest BCUT2D eigenvalue weighted by Crippen LogP contribution is 2.35. The first-order valence-electron chi connectivity index (χ1n) is 6.74. The fourth-order valence-corrected chi connectivity index (χ4v) is 3.35. The van der Waals surface area contributed by atoms with Crippen molar-refractivity contribution in [2.24, 2.45) is 4.99 Å². The number of rotatable bonds is 3. The van der Waals surface area contributed by atoms with Crippen LogP contribution in [0, 0.1) is 0 Å². The molecular weight excluding hydrogens is 282 g/mol. The lowest BCUT2D eigenvalue weighted by molar-refractivity contribution is -0.171. The van der Waals surface area contributed by atoms with Crippen molar-refractivity contribution in [3.8, 4) is 0 Å². The Hall–Kier alpha value is -0.830. The fourth-order valence-electron chi connectivity index (χ4n) is 2.18. The van der Waals surface area contributed by atoms with Gasteiger partial charge in [0.1, 0.15) is 23.7 Å². The van der Waals surface area contributed by atoms with Gasteiger partial charge < -0.3 is 25.6 Å². The molecule has 5 atom stereocenters. The molecule has 0 unspecified atom stereocenters. The van der Waals surface area contributed by atoms with Gasteiger partial charge in [0, 0.05) is 12.6 Å². The smallest absolute Gasteiger partial charge is 0.252 e. The molecule has 7 nitrogen and oxygen atoms in total. The van der Waals surface area contributed by atoms with Gasteiger partial charge in [0.2, 0.25) is 0 Å². The van der Waals surface area contributed by atoms with Crippen LogP contribution in [0.1, 0.15) is 20.8 Å². The molecular formula is C12H21N3O4S. The molecule has 8 heteroatoms. The lowest BCUT2D eigenvalue weighted by Crippen LogP contribution is -2.59. The molecule has 0 aliphatic carbocycles. The van der Waals surface area contributed by atoms with Gasteiger partial charge in [0.25, 0.3) is 5.91 Å². The van der Waals surface area contributed by atoms with Gasteiger partial charge in [-0.2, -0.15) is 0 Å². The number of hydrogen-bond donors (Lipinski definition) is 4. The predicted octanol–water partition coefficient (Wildman–Crippen LogP) is -0.961. The lowest BCUT2D eigenvalue weighted by Gasteiger charge is -2.37. The van der Waals surface area contributed by atoms with E-state index < -0.39 is 35.7 Å². The molecule has 0 aromatic rings. The molecule has 4 N–H and O–H groups in total. The van der Waals surface area contributed by atoms with E-state index in [0.717, 1.165) is 0 Å². The summed E-state index contributed by atoms with van der Waals surface area (Å²) in [5, 5.41) is 26.6. The average Bonchev–Trinajstić information content (AvgIpc) is 2.76. The highest BCUT2D eigenvalue weighted by atomic mass is 32.2. The predicted molar refractivity (Wildman–Crippen MR) is 76.4 cm³/mol. The first-order chi connectivity index (χ1) is 9.43. The van der Waals surface area contributed by atoms with Crippen molar-refractivity contribution in [2.75, 3.05) is 6.54 Å². The van der Waals surface area contributed by atoms with E-state index in [1.165, 1.54) is 11.8 Å². The van der Waals surface area contributed by atoms with Gasteiger partial charge in [0.05, 0.1) is 0 Å². The fraction of sp³-hybridized carbons (Fsp3) is 0.833. The van der Waals surface area contributed by atoms with Crippen LogP contribution in [0.4, 0.5) is 0 Å². The van der Waals surface area contributed by atoms with Crippen molar-refractivity contribution in [1.82, 2.24) is 10.6 Å². The molecule has 0 bridgehead atoms. The summed E-state index contributed by atoms with van der Waals surface area (Å²) in [5.41, 5.74) is -0.453. The minimum Gasteiger partial charge on any atom is -0.388 e. The first-order valence-corrected chi connectivity index (χ1v) is 7.62. The molecule has 2 heterocycles. The van der Waals surface area contributed by atoms with Crippen molar-refractivity contribution < 1.29 is 19.7 Å². The Morgan fingerprint density at radius 1 is 1.45 bits per heavy atom. The summed E-state index contributed by atoms with van der Waals surface area (Å²) < 4.78 is 5.62. The summed E-state index contributed by atoms with van der Waals surface area (Å²) >= 11 is 1.33. The van der Waals surface area contributed by atoms with E-state index in [2.05, 4.69) is 15.6 Å². The Kier molecular flexibility index (Phi) is 4.90. The van der Waals surface area contributed by atoms with Gasteiger partial charge in [-0.05, 0) is 20.8 Å². The maximum atomic E-state index is 12.0. The molecule has 1 saturated heterocycles. The summed E-state index contributed by atoms with van der Waals surface area (Å²) in [6.07, 6.45) is -3.46. The van der Waals surface area contributed by atoms with Gasteiger partial charge in [-0.3, -0.25) is 9.79 Å². The van der Waals surface area contributed by atoms with Crippen LogP contribution in [0.15, 0.2) is 4.99 Å². The molecule has 2 aliphatic rings. The Balaban J connectivity index is 2.07. The molecule has 2 rings (SSSR count). The van der Waals surface area contributed by atoms with Crippen molar-refractivity contribution in [2.45, 2.75) is 56.6 Å². The summed E-state index contributed by atoms with van der Waals surface area (Å²) in [5.74, 6) is -0.414.